The Bertz CT molecular complexity index is 4430. The maximum absolute atomic E-state index is 7.49. The number of hydrogen-bond acceptors (Lipinski definition) is 1. The summed E-state index contributed by atoms with van der Waals surface area (Å²) in [7, 11) is 42.6. The van der Waals surface area contributed by atoms with Gasteiger partial charge in [0.05, 0.1) is 0 Å². The molecule has 13 rings (SSSR count). The van der Waals surface area contributed by atoms with Gasteiger partial charge in [0.25, 0.3) is 0 Å². The first-order valence-electron chi connectivity index (χ1n) is 27.3. The minimum atomic E-state index is 0.921. The number of furan rings is 1. The third-order valence-corrected chi connectivity index (χ3v) is 20.0. The van der Waals surface area contributed by atoms with Crippen LogP contribution in [-0.2, 0) is 0 Å². The number of rotatable bonds is 4. The molecule has 0 saturated carbocycles. The van der Waals surface area contributed by atoms with Crippen molar-refractivity contribution in [3.63, 3.8) is 0 Å². The molecule has 19 heteroatoms. The molecule has 0 spiro atoms. The molecule has 12 aromatic carbocycles. The van der Waals surface area contributed by atoms with Gasteiger partial charge in [0.1, 0.15) is 152 Å². The first-order valence-corrected chi connectivity index (χ1v) is 27.3. The summed E-state index contributed by atoms with van der Waals surface area (Å²) in [6, 6.07) is 31.8. The van der Waals surface area contributed by atoms with E-state index in [1.165, 1.54) is 185 Å². The van der Waals surface area contributed by atoms with Gasteiger partial charge in [-0.05, 0) is 122 Å². The molecule has 0 bridgehead atoms. The van der Waals surface area contributed by atoms with Gasteiger partial charge >= 0.3 is 0 Å². The first-order chi connectivity index (χ1) is 35.8. The van der Waals surface area contributed by atoms with Crippen LogP contribution in [0.4, 0.5) is 0 Å². The molecule has 1 aromatic heterocycles. The SMILES string of the molecule is Bc1c(B)c2c(B)c(B)c3c(B)c(B)c(-c4cc(-c5ccccc5)c5oc6c(-c7ccccc7)cc(-c7c(B)c(B)c8c(B)c(B)c9c(B)c(B)c(B)c%10c(B)c(B)c7c8c9%10)cc6c5c4)c4c(B)c(B)c(c1B)c2c34. The van der Waals surface area contributed by atoms with Crippen LogP contribution < -0.4 is 98.3 Å². The largest absolute Gasteiger partial charge is 0.455 e. The zero-order valence-corrected chi connectivity index (χ0v) is 47.5. The molecule has 13 aromatic rings. The van der Waals surface area contributed by atoms with E-state index in [9.17, 15) is 0 Å². The molecule has 0 aliphatic heterocycles. The Labute approximate surface area is 457 Å². The third-order valence-electron chi connectivity index (χ3n) is 20.0. The van der Waals surface area contributed by atoms with E-state index in [4.69, 9.17) is 4.42 Å². The highest BCUT2D eigenvalue weighted by atomic mass is 16.3. The smallest absolute Gasteiger partial charge is 0.143 e. The van der Waals surface area contributed by atoms with Gasteiger partial charge in [0.15, 0.2) is 0 Å². The number of benzene rings is 12. The Hall–Kier alpha value is -6.31. The normalized spacial score (nSPS) is 12.2. The molecule has 0 saturated heterocycles. The average Bonchev–Trinajstić information content (AvgIpc) is 3.86. The molecule has 0 radical (unpaired) electrons. The lowest BCUT2D eigenvalue weighted by Crippen LogP contribution is -2.48. The van der Waals surface area contributed by atoms with Gasteiger partial charge in [0, 0.05) is 21.9 Å². The van der Waals surface area contributed by atoms with Crippen molar-refractivity contribution in [3.05, 3.63) is 84.9 Å². The molecular formula is C56H50B18O. The Morgan fingerprint density at radius 1 is 0.213 bits per heavy atom. The van der Waals surface area contributed by atoms with Crippen LogP contribution >= 0.6 is 0 Å². The van der Waals surface area contributed by atoms with Crippen LogP contribution in [0.15, 0.2) is 89.3 Å². The van der Waals surface area contributed by atoms with Gasteiger partial charge in [0.2, 0.25) is 0 Å². The minimum Gasteiger partial charge on any atom is -0.455 e. The number of fused-ring (bicyclic) bond motifs is 3. The lowest BCUT2D eigenvalue weighted by Gasteiger charge is -2.29. The van der Waals surface area contributed by atoms with Crippen LogP contribution in [0, 0.1) is 0 Å². The van der Waals surface area contributed by atoms with E-state index in [2.05, 4.69) is 226 Å². The van der Waals surface area contributed by atoms with Crippen molar-refractivity contribution in [1.82, 2.24) is 0 Å². The molecule has 0 atom stereocenters. The quantitative estimate of drug-likeness (QED) is 0.127. The third kappa shape index (κ3) is 6.16. The molecule has 0 aliphatic rings. The fraction of sp³-hybridized carbons (Fsp3) is 0. The lowest BCUT2D eigenvalue weighted by atomic mass is 9.58. The summed E-state index contributed by atoms with van der Waals surface area (Å²) in [6.45, 7) is 0. The van der Waals surface area contributed by atoms with E-state index in [0.717, 1.165) is 44.2 Å². The maximum Gasteiger partial charge on any atom is 0.143 e. The highest BCUT2D eigenvalue weighted by Crippen LogP contribution is 2.46. The molecule has 0 aliphatic carbocycles. The van der Waals surface area contributed by atoms with Gasteiger partial charge in [-0.25, -0.2) is 0 Å². The average molecular weight is 934 g/mol. The molecular weight excluding hydrogens is 883 g/mol. The second-order valence-corrected chi connectivity index (χ2v) is 23.1. The zero-order chi connectivity index (χ0) is 52.9. The topological polar surface area (TPSA) is 13.1 Å². The Balaban J connectivity index is 1.23. The Kier molecular flexibility index (Phi) is 10.7. The summed E-state index contributed by atoms with van der Waals surface area (Å²) in [5.41, 5.74) is 36.4. The fourth-order valence-electron chi connectivity index (χ4n) is 15.0. The second kappa shape index (κ2) is 16.6. The van der Waals surface area contributed by atoms with Gasteiger partial charge in [-0.15, -0.1) is 10.9 Å². The van der Waals surface area contributed by atoms with Crippen molar-refractivity contribution >= 4 is 326 Å². The highest BCUT2D eigenvalue weighted by molar-refractivity contribution is 6.77. The van der Waals surface area contributed by atoms with Crippen LogP contribution in [0.2, 0.25) is 0 Å². The van der Waals surface area contributed by atoms with E-state index in [1.54, 1.807) is 0 Å². The van der Waals surface area contributed by atoms with Crippen molar-refractivity contribution in [2.24, 2.45) is 0 Å². The van der Waals surface area contributed by atoms with E-state index in [0.29, 0.717) is 0 Å². The van der Waals surface area contributed by atoms with Gasteiger partial charge in [-0.2, -0.15) is 0 Å². The summed E-state index contributed by atoms with van der Waals surface area (Å²) < 4.78 is 7.49. The van der Waals surface area contributed by atoms with Crippen LogP contribution in [0.3, 0.4) is 0 Å². The molecule has 0 fully saturated rings. The summed E-state index contributed by atoms with van der Waals surface area (Å²) in [5.74, 6) is 0. The molecule has 1 heterocycles. The van der Waals surface area contributed by atoms with E-state index in [-0.39, 0.29) is 0 Å². The van der Waals surface area contributed by atoms with Crippen molar-refractivity contribution in [1.29, 1.82) is 0 Å². The summed E-state index contributed by atoms with van der Waals surface area (Å²) in [5, 5.41) is 19.3. The van der Waals surface area contributed by atoms with Crippen molar-refractivity contribution < 1.29 is 4.42 Å². The zero-order valence-electron chi connectivity index (χ0n) is 47.5. The van der Waals surface area contributed by atoms with Gasteiger partial charge < -0.3 is 4.42 Å². The maximum atomic E-state index is 7.49. The molecule has 0 unspecified atom stereocenters. The summed E-state index contributed by atoms with van der Waals surface area (Å²) >= 11 is 0. The molecule has 0 N–H and O–H groups in total. The Morgan fingerprint density at radius 2 is 0.453 bits per heavy atom. The second-order valence-electron chi connectivity index (χ2n) is 23.1. The predicted octanol–water partition coefficient (Wildman–Crippen LogP) is -15.3. The standard InChI is InChI=1S/C56H50B18O/c57-37-23(29-25-27-33(43(63)39(29)59)49(69)53(73)51(71)35(27)47(67)45(65)31(25)41(37)61)17-11-19(15-7-3-1-4-8-15)55-21(13-17)22-14-18(12-20(56(22)75-55)16-9-5-2-6-10-16)24-30-26-28-34(44(64)40(30)60)50(70)54(74)52(72)36(28)48(68)46(66)32(26)42(62)38(24)58/h1-14H,57-74H2. The predicted molar refractivity (Wildman–Crippen MR) is 390 cm³/mol. The van der Waals surface area contributed by atoms with Crippen LogP contribution in [0.5, 0.6) is 0 Å². The van der Waals surface area contributed by atoms with Gasteiger partial charge in [-0.3, -0.25) is 0 Å². The highest BCUT2D eigenvalue weighted by Gasteiger charge is 2.30. The molecule has 334 valence electrons. The van der Waals surface area contributed by atoms with Crippen LogP contribution in [0.1, 0.15) is 0 Å². The molecule has 0 amide bonds. The Morgan fingerprint density at radius 3 is 0.747 bits per heavy atom. The minimum absolute atomic E-state index is 0.921. The summed E-state index contributed by atoms with van der Waals surface area (Å²) in [4.78, 5) is 0. The van der Waals surface area contributed by atoms with Gasteiger partial charge in [-0.1, -0.05) is 148 Å². The van der Waals surface area contributed by atoms with Crippen molar-refractivity contribution in [2.75, 3.05) is 0 Å². The van der Waals surface area contributed by atoms with Crippen molar-refractivity contribution in [2.45, 2.75) is 0 Å². The molecule has 1 nitrogen and oxygen atoms in total. The van der Waals surface area contributed by atoms with Crippen LogP contribution in [0.25, 0.3) is 131 Å². The first kappa shape index (κ1) is 48.3. The number of hydrogen-bond donors (Lipinski definition) is 0. The van der Waals surface area contributed by atoms with E-state index in [1.807, 2.05) is 0 Å². The van der Waals surface area contributed by atoms with E-state index < -0.39 is 0 Å². The lowest BCUT2D eigenvalue weighted by molar-refractivity contribution is 0.671. The fourth-order valence-corrected chi connectivity index (χ4v) is 15.0. The van der Waals surface area contributed by atoms with E-state index >= 15 is 0 Å². The van der Waals surface area contributed by atoms with Crippen molar-refractivity contribution in [3.8, 4) is 44.5 Å². The van der Waals surface area contributed by atoms with Crippen LogP contribution in [-0.4, -0.2) is 141 Å². The monoisotopic (exact) mass is 937 g/mol. The molecule has 75 heavy (non-hydrogen) atoms. The summed E-state index contributed by atoms with van der Waals surface area (Å²) in [6.07, 6.45) is 0.